The number of amides is 1. The van der Waals surface area contributed by atoms with Crippen LogP contribution in [-0.2, 0) is 20.7 Å². The van der Waals surface area contributed by atoms with Gasteiger partial charge in [-0.3, -0.25) is 9.59 Å². The maximum Gasteiger partial charge on any atom is 0.410 e. The molecule has 0 radical (unpaired) electrons. The van der Waals surface area contributed by atoms with Crippen LogP contribution in [0.1, 0.15) is 56.5 Å². The minimum Gasteiger partial charge on any atom is -0.457 e. The molecule has 0 aromatic heterocycles. The zero-order chi connectivity index (χ0) is 20.0. The van der Waals surface area contributed by atoms with Gasteiger partial charge in [-0.15, -0.1) is 0 Å². The number of hydrogen-bond donors (Lipinski definition) is 0. The molecule has 148 valence electrons. The Balaban J connectivity index is 1.85. The number of Topliss-reactive ketones (excluding diaryl/α,β-unsaturated/α-hetero) is 1. The number of carbonyl (C=O) groups is 3. The molecule has 0 N–H and O–H groups in total. The summed E-state index contributed by atoms with van der Waals surface area (Å²) in [4.78, 5) is 38.2. The van der Waals surface area contributed by atoms with Crippen molar-refractivity contribution in [3.05, 3.63) is 35.4 Å². The van der Waals surface area contributed by atoms with Gasteiger partial charge in [0.25, 0.3) is 0 Å². The topological polar surface area (TPSA) is 72.9 Å². The molecule has 0 aliphatic carbocycles. The fraction of sp³-hybridized carbons (Fsp3) is 0.571. The Hall–Kier alpha value is -2.37. The van der Waals surface area contributed by atoms with Gasteiger partial charge in [0.1, 0.15) is 5.60 Å². The Morgan fingerprint density at radius 1 is 1.15 bits per heavy atom. The quantitative estimate of drug-likeness (QED) is 0.580. The van der Waals surface area contributed by atoms with Crippen LogP contribution in [0.25, 0.3) is 0 Å². The molecule has 1 aromatic carbocycles. The molecule has 1 fully saturated rings. The van der Waals surface area contributed by atoms with E-state index in [-0.39, 0.29) is 18.9 Å². The third kappa shape index (κ3) is 6.38. The van der Waals surface area contributed by atoms with Crippen molar-refractivity contribution in [2.75, 3.05) is 19.7 Å². The standard InChI is InChI=1S/C21H29NO5/c1-5-15-8-10-16(11-9-15)18(23)14-26-19(24)17-7-6-12-22(13-17)20(25)27-21(2,3)4/h8-11,17H,5-7,12-14H2,1-4H3. The van der Waals surface area contributed by atoms with Crippen LogP contribution in [-0.4, -0.2) is 48.0 Å². The van der Waals surface area contributed by atoms with Gasteiger partial charge in [-0.25, -0.2) is 4.79 Å². The number of ketones is 1. The van der Waals surface area contributed by atoms with Gasteiger partial charge in [-0.2, -0.15) is 0 Å². The van der Waals surface area contributed by atoms with E-state index < -0.39 is 23.6 Å². The van der Waals surface area contributed by atoms with E-state index in [0.29, 0.717) is 24.9 Å². The predicted octanol–water partition coefficient (Wildman–Crippen LogP) is 3.62. The van der Waals surface area contributed by atoms with Crippen molar-refractivity contribution in [3.8, 4) is 0 Å². The summed E-state index contributed by atoms with van der Waals surface area (Å²) in [6, 6.07) is 7.30. The highest BCUT2D eigenvalue weighted by molar-refractivity contribution is 5.98. The first-order valence-electron chi connectivity index (χ1n) is 9.46. The van der Waals surface area contributed by atoms with E-state index in [1.807, 2.05) is 19.1 Å². The first kappa shape index (κ1) is 20.9. The summed E-state index contributed by atoms with van der Waals surface area (Å²) in [7, 11) is 0. The van der Waals surface area contributed by atoms with Crippen LogP contribution < -0.4 is 0 Å². The van der Waals surface area contributed by atoms with Crippen molar-refractivity contribution < 1.29 is 23.9 Å². The lowest BCUT2D eigenvalue weighted by atomic mass is 9.98. The highest BCUT2D eigenvalue weighted by Gasteiger charge is 2.32. The molecule has 0 bridgehead atoms. The Labute approximate surface area is 160 Å². The molecule has 6 nitrogen and oxygen atoms in total. The molecule has 1 amide bonds. The maximum absolute atomic E-state index is 12.3. The summed E-state index contributed by atoms with van der Waals surface area (Å²) < 4.78 is 10.6. The average Bonchev–Trinajstić information content (AvgIpc) is 2.64. The van der Waals surface area contributed by atoms with Crippen LogP contribution in [0.2, 0.25) is 0 Å². The molecule has 1 saturated heterocycles. The third-order valence-electron chi connectivity index (χ3n) is 4.44. The van der Waals surface area contributed by atoms with E-state index in [2.05, 4.69) is 0 Å². The van der Waals surface area contributed by atoms with E-state index >= 15 is 0 Å². The van der Waals surface area contributed by atoms with E-state index in [1.165, 1.54) is 4.90 Å². The molecule has 0 spiro atoms. The predicted molar refractivity (Wildman–Crippen MR) is 102 cm³/mol. The Bertz CT molecular complexity index is 675. The van der Waals surface area contributed by atoms with Gasteiger partial charge < -0.3 is 14.4 Å². The summed E-state index contributed by atoms with van der Waals surface area (Å²) in [6.45, 7) is 7.99. The highest BCUT2D eigenvalue weighted by atomic mass is 16.6. The Kier molecular flexibility index (Phi) is 6.99. The van der Waals surface area contributed by atoms with Gasteiger partial charge in [0.2, 0.25) is 0 Å². The first-order valence-corrected chi connectivity index (χ1v) is 9.46. The number of aryl methyl sites for hydroxylation is 1. The van der Waals surface area contributed by atoms with Crippen LogP contribution in [0.4, 0.5) is 4.79 Å². The van der Waals surface area contributed by atoms with Crippen LogP contribution in [0.5, 0.6) is 0 Å². The van der Waals surface area contributed by atoms with Crippen molar-refractivity contribution in [1.82, 2.24) is 4.90 Å². The number of hydrogen-bond acceptors (Lipinski definition) is 5. The van der Waals surface area contributed by atoms with Crippen LogP contribution in [0.15, 0.2) is 24.3 Å². The van der Waals surface area contributed by atoms with Crippen molar-refractivity contribution >= 4 is 17.8 Å². The molecular formula is C21H29NO5. The normalized spacial score (nSPS) is 17.3. The van der Waals surface area contributed by atoms with Gasteiger partial charge in [0, 0.05) is 18.7 Å². The molecule has 27 heavy (non-hydrogen) atoms. The third-order valence-corrected chi connectivity index (χ3v) is 4.44. The van der Waals surface area contributed by atoms with Crippen LogP contribution in [0.3, 0.4) is 0 Å². The summed E-state index contributed by atoms with van der Waals surface area (Å²) in [5.74, 6) is -1.10. The molecule has 1 aromatic rings. The van der Waals surface area contributed by atoms with Gasteiger partial charge in [-0.1, -0.05) is 31.2 Å². The number of nitrogens with zero attached hydrogens (tertiary/aromatic N) is 1. The van der Waals surface area contributed by atoms with Crippen molar-refractivity contribution in [2.24, 2.45) is 5.92 Å². The van der Waals surface area contributed by atoms with E-state index in [9.17, 15) is 14.4 Å². The monoisotopic (exact) mass is 375 g/mol. The summed E-state index contributed by atoms with van der Waals surface area (Å²) in [5, 5.41) is 0. The SMILES string of the molecule is CCc1ccc(C(=O)COC(=O)C2CCCN(C(=O)OC(C)(C)C)C2)cc1. The fourth-order valence-electron chi connectivity index (χ4n) is 2.93. The molecule has 2 rings (SSSR count). The Morgan fingerprint density at radius 3 is 2.41 bits per heavy atom. The Morgan fingerprint density at radius 2 is 1.81 bits per heavy atom. The lowest BCUT2D eigenvalue weighted by molar-refractivity contribution is -0.149. The van der Waals surface area contributed by atoms with Crippen molar-refractivity contribution in [1.29, 1.82) is 0 Å². The van der Waals surface area contributed by atoms with E-state index in [0.717, 1.165) is 12.0 Å². The van der Waals surface area contributed by atoms with Crippen LogP contribution in [0, 0.1) is 5.92 Å². The number of ether oxygens (including phenoxy) is 2. The van der Waals surface area contributed by atoms with Gasteiger partial charge in [0.05, 0.1) is 5.92 Å². The lowest BCUT2D eigenvalue weighted by Crippen LogP contribution is -2.45. The molecule has 1 aliphatic heterocycles. The largest absolute Gasteiger partial charge is 0.457 e. The number of piperidine rings is 1. The van der Waals surface area contributed by atoms with Crippen molar-refractivity contribution in [2.45, 2.75) is 52.6 Å². The second kappa shape index (κ2) is 9.02. The molecular weight excluding hydrogens is 346 g/mol. The number of rotatable bonds is 5. The smallest absolute Gasteiger partial charge is 0.410 e. The number of esters is 1. The minimum absolute atomic E-state index is 0.231. The highest BCUT2D eigenvalue weighted by Crippen LogP contribution is 2.20. The van der Waals surface area contributed by atoms with Gasteiger partial charge >= 0.3 is 12.1 Å². The maximum atomic E-state index is 12.3. The second-order valence-electron chi connectivity index (χ2n) is 7.85. The number of benzene rings is 1. The van der Waals surface area contributed by atoms with Gasteiger partial charge in [-0.05, 0) is 45.6 Å². The number of likely N-dealkylation sites (tertiary alicyclic amines) is 1. The zero-order valence-electron chi connectivity index (χ0n) is 16.6. The summed E-state index contributed by atoms with van der Waals surface area (Å²) >= 11 is 0. The lowest BCUT2D eigenvalue weighted by Gasteiger charge is -2.33. The summed E-state index contributed by atoms with van der Waals surface area (Å²) in [6.07, 6.45) is 1.81. The fourth-order valence-corrected chi connectivity index (χ4v) is 2.93. The summed E-state index contributed by atoms with van der Waals surface area (Å²) in [5.41, 5.74) is 1.09. The van der Waals surface area contributed by atoms with E-state index in [4.69, 9.17) is 9.47 Å². The zero-order valence-corrected chi connectivity index (χ0v) is 16.6. The van der Waals surface area contributed by atoms with Crippen LogP contribution >= 0.6 is 0 Å². The molecule has 1 atom stereocenters. The molecule has 0 saturated carbocycles. The molecule has 1 aliphatic rings. The molecule has 1 unspecified atom stereocenters. The average molecular weight is 375 g/mol. The van der Waals surface area contributed by atoms with Gasteiger partial charge in [0.15, 0.2) is 12.4 Å². The number of carbonyl (C=O) groups excluding carboxylic acids is 3. The van der Waals surface area contributed by atoms with E-state index in [1.54, 1.807) is 32.9 Å². The van der Waals surface area contributed by atoms with Crippen molar-refractivity contribution in [3.63, 3.8) is 0 Å². The second-order valence-corrected chi connectivity index (χ2v) is 7.85. The first-order chi connectivity index (χ1) is 12.7. The molecule has 6 heteroatoms. The molecule has 1 heterocycles. The minimum atomic E-state index is -0.579.